The molecule has 0 aliphatic carbocycles. The highest BCUT2D eigenvalue weighted by Crippen LogP contribution is 2.36. The summed E-state index contributed by atoms with van der Waals surface area (Å²) in [6.07, 6.45) is 1.32. The Morgan fingerprint density at radius 3 is 2.34 bits per heavy atom. The standard InChI is InChI=1S/C33H39N3O4S/c1-4-27-22-28-29(23-30(34-32(28)41-27)40-20-15-31(38-5-2)39-6-3)35-16-18-36(19-17-35)33(37)26-14-10-13-25(21-26)24-11-8-7-9-12-24/h7-14,21-23,31H,4-6,15-20H2,1-3H3. The molecule has 2 aromatic heterocycles. The molecule has 2 aromatic carbocycles. The Bertz CT molecular complexity index is 1430. The van der Waals surface area contributed by atoms with Crippen molar-refractivity contribution in [3.05, 3.63) is 77.2 Å². The zero-order valence-electron chi connectivity index (χ0n) is 24.2. The average molecular weight is 574 g/mol. The smallest absolute Gasteiger partial charge is 0.253 e. The normalized spacial score (nSPS) is 13.8. The summed E-state index contributed by atoms with van der Waals surface area (Å²) in [5.74, 6) is 0.688. The summed E-state index contributed by atoms with van der Waals surface area (Å²) in [5, 5.41) is 1.15. The zero-order chi connectivity index (χ0) is 28.6. The van der Waals surface area contributed by atoms with Gasteiger partial charge in [0.2, 0.25) is 5.88 Å². The van der Waals surface area contributed by atoms with Crippen molar-refractivity contribution in [1.82, 2.24) is 9.88 Å². The van der Waals surface area contributed by atoms with Crippen LogP contribution in [0.25, 0.3) is 21.3 Å². The van der Waals surface area contributed by atoms with Crippen LogP contribution in [-0.4, -0.2) is 68.1 Å². The molecule has 7 nitrogen and oxygen atoms in total. The summed E-state index contributed by atoms with van der Waals surface area (Å²) in [4.78, 5) is 24.9. The van der Waals surface area contributed by atoms with Crippen LogP contribution in [0, 0.1) is 0 Å². The number of carbonyl (C=O) groups excluding carboxylic acids is 1. The van der Waals surface area contributed by atoms with E-state index in [0.717, 1.165) is 52.1 Å². The van der Waals surface area contributed by atoms with Crippen LogP contribution < -0.4 is 9.64 Å². The maximum absolute atomic E-state index is 13.5. The van der Waals surface area contributed by atoms with Crippen molar-refractivity contribution in [3.8, 4) is 17.0 Å². The number of fused-ring (bicyclic) bond motifs is 1. The minimum absolute atomic E-state index is 0.0771. The number of pyridine rings is 1. The van der Waals surface area contributed by atoms with Crippen molar-refractivity contribution < 1.29 is 19.0 Å². The van der Waals surface area contributed by atoms with Gasteiger partial charge in [0.1, 0.15) is 4.83 Å². The Kier molecular flexibility index (Phi) is 9.88. The van der Waals surface area contributed by atoms with Gasteiger partial charge < -0.3 is 24.0 Å². The number of hydrogen-bond acceptors (Lipinski definition) is 7. The molecule has 0 spiro atoms. The van der Waals surface area contributed by atoms with Gasteiger partial charge in [0.25, 0.3) is 5.91 Å². The second-order valence-corrected chi connectivity index (χ2v) is 11.1. The molecule has 4 aromatic rings. The summed E-state index contributed by atoms with van der Waals surface area (Å²) in [5.41, 5.74) is 4.01. The number of thiophene rings is 1. The van der Waals surface area contributed by atoms with E-state index in [1.165, 1.54) is 4.88 Å². The number of rotatable bonds is 12. The van der Waals surface area contributed by atoms with Gasteiger partial charge >= 0.3 is 0 Å². The molecule has 1 saturated heterocycles. The molecule has 0 bridgehead atoms. The second kappa shape index (κ2) is 13.9. The predicted octanol–water partition coefficient (Wildman–Crippen LogP) is 6.66. The lowest BCUT2D eigenvalue weighted by Crippen LogP contribution is -2.48. The van der Waals surface area contributed by atoms with Crippen LogP contribution in [0.4, 0.5) is 5.69 Å². The predicted molar refractivity (Wildman–Crippen MR) is 166 cm³/mol. The number of anilines is 1. The van der Waals surface area contributed by atoms with E-state index < -0.39 is 0 Å². The van der Waals surface area contributed by atoms with Crippen molar-refractivity contribution >= 4 is 33.1 Å². The van der Waals surface area contributed by atoms with Gasteiger partial charge in [0, 0.05) is 67.7 Å². The Labute approximate surface area is 246 Å². The van der Waals surface area contributed by atoms with Crippen molar-refractivity contribution in [2.24, 2.45) is 0 Å². The van der Waals surface area contributed by atoms with Crippen molar-refractivity contribution in [2.75, 3.05) is 50.9 Å². The van der Waals surface area contributed by atoms with Crippen molar-refractivity contribution in [1.29, 1.82) is 0 Å². The molecule has 5 rings (SSSR count). The molecule has 1 aliphatic rings. The molecule has 1 fully saturated rings. The van der Waals surface area contributed by atoms with Crippen LogP contribution >= 0.6 is 11.3 Å². The number of hydrogen-bond donors (Lipinski definition) is 0. The number of carbonyl (C=O) groups is 1. The molecule has 41 heavy (non-hydrogen) atoms. The number of aromatic nitrogens is 1. The fourth-order valence-corrected chi connectivity index (χ4v) is 6.15. The molecule has 3 heterocycles. The quantitative estimate of drug-likeness (QED) is 0.177. The van der Waals surface area contributed by atoms with Crippen LogP contribution in [0.15, 0.2) is 66.7 Å². The molecule has 216 valence electrons. The monoisotopic (exact) mass is 573 g/mol. The highest BCUT2D eigenvalue weighted by molar-refractivity contribution is 7.18. The van der Waals surface area contributed by atoms with Crippen molar-refractivity contribution in [2.45, 2.75) is 39.9 Å². The number of amides is 1. The average Bonchev–Trinajstić information content (AvgIpc) is 3.44. The number of ether oxygens (including phenoxy) is 3. The van der Waals surface area contributed by atoms with Gasteiger partial charge in [-0.15, -0.1) is 11.3 Å². The summed E-state index contributed by atoms with van der Waals surface area (Å²) in [6.45, 7) is 10.6. The van der Waals surface area contributed by atoms with E-state index in [9.17, 15) is 4.79 Å². The SMILES string of the molecule is CCOC(CCOc1cc(N2CCN(C(=O)c3cccc(-c4ccccc4)c3)CC2)c2cc(CC)sc2n1)OCC. The van der Waals surface area contributed by atoms with Crippen LogP contribution in [0.3, 0.4) is 0 Å². The molecule has 0 radical (unpaired) electrons. The molecule has 1 aliphatic heterocycles. The van der Waals surface area contributed by atoms with E-state index in [2.05, 4.69) is 36.1 Å². The molecule has 0 saturated carbocycles. The lowest BCUT2D eigenvalue weighted by atomic mass is 10.0. The summed E-state index contributed by atoms with van der Waals surface area (Å²) < 4.78 is 17.4. The molecule has 8 heteroatoms. The second-order valence-electron chi connectivity index (χ2n) is 9.97. The third kappa shape index (κ3) is 7.07. The maximum Gasteiger partial charge on any atom is 0.253 e. The first-order valence-corrected chi connectivity index (χ1v) is 15.4. The number of nitrogens with zero attached hydrogens (tertiary/aromatic N) is 3. The largest absolute Gasteiger partial charge is 0.477 e. The highest BCUT2D eigenvalue weighted by atomic mass is 32.1. The first-order chi connectivity index (χ1) is 20.1. The Morgan fingerprint density at radius 1 is 0.902 bits per heavy atom. The fourth-order valence-electron chi connectivity index (χ4n) is 5.18. The Morgan fingerprint density at radius 2 is 1.63 bits per heavy atom. The molecule has 0 N–H and O–H groups in total. The van der Waals surface area contributed by atoms with Crippen LogP contribution in [-0.2, 0) is 15.9 Å². The fraction of sp³-hybridized carbons (Fsp3) is 0.394. The van der Waals surface area contributed by atoms with Gasteiger partial charge in [-0.25, -0.2) is 4.98 Å². The van der Waals surface area contributed by atoms with E-state index >= 15 is 0 Å². The van der Waals surface area contributed by atoms with E-state index in [1.54, 1.807) is 11.3 Å². The van der Waals surface area contributed by atoms with Crippen molar-refractivity contribution in [3.63, 3.8) is 0 Å². The van der Waals surface area contributed by atoms with E-state index in [4.69, 9.17) is 19.2 Å². The van der Waals surface area contributed by atoms with Gasteiger partial charge in [-0.3, -0.25) is 4.79 Å². The molecule has 0 atom stereocenters. The van der Waals surface area contributed by atoms with E-state index in [0.29, 0.717) is 45.2 Å². The molecular weight excluding hydrogens is 534 g/mol. The Balaban J connectivity index is 1.28. The number of benzene rings is 2. The van der Waals surface area contributed by atoms with Gasteiger partial charge in [0.15, 0.2) is 6.29 Å². The molecule has 1 amide bonds. The summed E-state index contributed by atoms with van der Waals surface area (Å²) >= 11 is 1.72. The lowest BCUT2D eigenvalue weighted by molar-refractivity contribution is -0.142. The Hall–Kier alpha value is -3.46. The van der Waals surface area contributed by atoms with E-state index in [1.807, 2.05) is 61.2 Å². The molecule has 0 unspecified atom stereocenters. The number of aryl methyl sites for hydroxylation is 1. The third-order valence-corrected chi connectivity index (χ3v) is 8.47. The van der Waals surface area contributed by atoms with Crippen LogP contribution in [0.2, 0.25) is 0 Å². The topological polar surface area (TPSA) is 64.1 Å². The minimum atomic E-state index is -0.277. The maximum atomic E-state index is 13.5. The lowest BCUT2D eigenvalue weighted by Gasteiger charge is -2.36. The van der Waals surface area contributed by atoms with E-state index in [-0.39, 0.29) is 12.2 Å². The summed E-state index contributed by atoms with van der Waals surface area (Å²) in [6, 6.07) is 22.4. The summed E-state index contributed by atoms with van der Waals surface area (Å²) in [7, 11) is 0. The molecular formula is C33H39N3O4S. The van der Waals surface area contributed by atoms with Crippen LogP contribution in [0.5, 0.6) is 5.88 Å². The third-order valence-electron chi connectivity index (χ3n) is 7.29. The first-order valence-electron chi connectivity index (χ1n) is 14.6. The zero-order valence-corrected chi connectivity index (χ0v) is 25.0. The van der Waals surface area contributed by atoms with Gasteiger partial charge in [-0.1, -0.05) is 49.4 Å². The first kappa shape index (κ1) is 29.0. The van der Waals surface area contributed by atoms with Gasteiger partial charge in [0.05, 0.1) is 12.3 Å². The van der Waals surface area contributed by atoms with Gasteiger partial charge in [-0.2, -0.15) is 0 Å². The minimum Gasteiger partial charge on any atom is -0.477 e. The highest BCUT2D eigenvalue weighted by Gasteiger charge is 2.25. The number of piperazine rings is 1. The van der Waals surface area contributed by atoms with Gasteiger partial charge in [-0.05, 0) is 49.6 Å². The van der Waals surface area contributed by atoms with Crippen LogP contribution in [0.1, 0.15) is 42.4 Å².